The van der Waals surface area contributed by atoms with Gasteiger partial charge in [0.15, 0.2) is 0 Å². The molecule has 0 saturated carbocycles. The van der Waals surface area contributed by atoms with Crippen LogP contribution in [0.25, 0.3) is 0 Å². The molecular formula is C12H16ClN3O3. The molecule has 6 nitrogen and oxygen atoms in total. The summed E-state index contributed by atoms with van der Waals surface area (Å²) < 4.78 is 0. The minimum Gasteiger partial charge on any atom is -0.337 e. The van der Waals surface area contributed by atoms with E-state index in [-0.39, 0.29) is 35.6 Å². The van der Waals surface area contributed by atoms with Crippen molar-refractivity contribution in [1.82, 2.24) is 4.90 Å². The molecule has 1 aromatic rings. The smallest absolute Gasteiger partial charge is 0.282 e. The van der Waals surface area contributed by atoms with E-state index in [0.29, 0.717) is 13.1 Å². The summed E-state index contributed by atoms with van der Waals surface area (Å²) in [5.41, 5.74) is 6.57. The predicted molar refractivity (Wildman–Crippen MR) is 73.6 cm³/mol. The van der Waals surface area contributed by atoms with Crippen molar-refractivity contribution in [2.75, 3.05) is 13.1 Å². The van der Waals surface area contributed by atoms with Crippen molar-refractivity contribution >= 4 is 24.0 Å². The van der Waals surface area contributed by atoms with Gasteiger partial charge in [-0.25, -0.2) is 0 Å². The van der Waals surface area contributed by atoms with E-state index in [1.807, 2.05) is 0 Å². The van der Waals surface area contributed by atoms with Gasteiger partial charge in [-0.15, -0.1) is 12.4 Å². The number of likely N-dealkylation sites (tertiary alicyclic amines) is 1. The molecule has 1 amide bonds. The van der Waals surface area contributed by atoms with E-state index in [4.69, 9.17) is 5.73 Å². The Labute approximate surface area is 117 Å². The molecule has 1 fully saturated rings. The van der Waals surface area contributed by atoms with Crippen LogP contribution in [0.3, 0.4) is 0 Å². The van der Waals surface area contributed by atoms with Crippen molar-refractivity contribution in [2.45, 2.75) is 19.4 Å². The van der Waals surface area contributed by atoms with Crippen molar-refractivity contribution < 1.29 is 9.72 Å². The number of hydrogen-bond acceptors (Lipinski definition) is 4. The largest absolute Gasteiger partial charge is 0.337 e. The lowest BCUT2D eigenvalue weighted by Crippen LogP contribution is -2.32. The molecule has 2 rings (SSSR count). The normalized spacial score (nSPS) is 18.0. The minimum absolute atomic E-state index is 0. The highest BCUT2D eigenvalue weighted by molar-refractivity contribution is 5.98. The molecule has 0 spiro atoms. The number of carbonyl (C=O) groups excluding carboxylic acids is 1. The highest BCUT2D eigenvalue weighted by Crippen LogP contribution is 2.23. The number of nitro benzene ring substituents is 1. The SMILES string of the molecule is Cc1ccc([N+](=O)[O-])c(C(=O)N2CC[C@H](N)C2)c1.Cl. The highest BCUT2D eigenvalue weighted by atomic mass is 35.5. The van der Waals surface area contributed by atoms with Gasteiger partial charge in [0.05, 0.1) is 4.92 Å². The first kappa shape index (κ1) is 15.4. The molecule has 0 radical (unpaired) electrons. The molecule has 0 aliphatic carbocycles. The average Bonchev–Trinajstić information content (AvgIpc) is 2.74. The van der Waals surface area contributed by atoms with Crippen LogP contribution in [0.4, 0.5) is 5.69 Å². The highest BCUT2D eigenvalue weighted by Gasteiger charge is 2.29. The van der Waals surface area contributed by atoms with E-state index in [9.17, 15) is 14.9 Å². The lowest BCUT2D eigenvalue weighted by molar-refractivity contribution is -0.385. The molecule has 1 heterocycles. The number of nitrogens with zero attached hydrogens (tertiary/aromatic N) is 2. The Kier molecular flexibility index (Phi) is 4.85. The van der Waals surface area contributed by atoms with Gasteiger partial charge in [0.25, 0.3) is 11.6 Å². The summed E-state index contributed by atoms with van der Waals surface area (Å²) in [7, 11) is 0. The Morgan fingerprint density at radius 3 is 2.74 bits per heavy atom. The van der Waals surface area contributed by atoms with Crippen LogP contribution in [0.1, 0.15) is 22.3 Å². The summed E-state index contributed by atoms with van der Waals surface area (Å²) in [4.78, 5) is 24.2. The third-order valence-electron chi connectivity index (χ3n) is 3.09. The molecule has 19 heavy (non-hydrogen) atoms. The molecule has 1 aliphatic heterocycles. The van der Waals surface area contributed by atoms with E-state index < -0.39 is 4.92 Å². The maximum atomic E-state index is 12.2. The molecule has 1 saturated heterocycles. The van der Waals surface area contributed by atoms with Gasteiger partial charge in [0.1, 0.15) is 5.56 Å². The van der Waals surface area contributed by atoms with E-state index in [0.717, 1.165) is 12.0 Å². The molecule has 7 heteroatoms. The summed E-state index contributed by atoms with van der Waals surface area (Å²) in [6.07, 6.45) is 0.741. The maximum absolute atomic E-state index is 12.2. The molecule has 104 valence electrons. The number of nitrogens with two attached hydrogens (primary N) is 1. The number of halogens is 1. The Hall–Kier alpha value is -1.66. The molecule has 0 aromatic heterocycles. The average molecular weight is 286 g/mol. The summed E-state index contributed by atoms with van der Waals surface area (Å²) in [6, 6.07) is 4.53. The van der Waals surface area contributed by atoms with Crippen molar-refractivity contribution in [2.24, 2.45) is 5.73 Å². The molecule has 2 N–H and O–H groups in total. The van der Waals surface area contributed by atoms with Crippen molar-refractivity contribution in [3.63, 3.8) is 0 Å². The number of aryl methyl sites for hydroxylation is 1. The fraction of sp³-hybridized carbons (Fsp3) is 0.417. The summed E-state index contributed by atoms with van der Waals surface area (Å²) in [6.45, 7) is 2.82. The van der Waals surface area contributed by atoms with Crippen LogP contribution in [0.5, 0.6) is 0 Å². The zero-order chi connectivity index (χ0) is 13.3. The second kappa shape index (κ2) is 5.99. The van der Waals surface area contributed by atoms with E-state index in [1.165, 1.54) is 6.07 Å². The van der Waals surface area contributed by atoms with E-state index >= 15 is 0 Å². The predicted octanol–water partition coefficient (Wildman–Crippen LogP) is 1.50. The summed E-state index contributed by atoms with van der Waals surface area (Å²) >= 11 is 0. The number of hydrogen-bond donors (Lipinski definition) is 1. The first-order chi connectivity index (χ1) is 8.49. The molecule has 1 atom stereocenters. The van der Waals surface area contributed by atoms with Gasteiger partial charge in [0.2, 0.25) is 0 Å². The second-order valence-electron chi connectivity index (χ2n) is 4.58. The van der Waals surface area contributed by atoms with Crippen LogP contribution in [0, 0.1) is 17.0 Å². The number of carbonyl (C=O) groups is 1. The maximum Gasteiger partial charge on any atom is 0.282 e. The zero-order valence-corrected chi connectivity index (χ0v) is 11.4. The lowest BCUT2D eigenvalue weighted by atomic mass is 10.1. The standard InChI is InChI=1S/C12H15N3O3.ClH/c1-8-2-3-11(15(17)18)10(6-8)12(16)14-5-4-9(13)7-14;/h2-3,6,9H,4-5,7,13H2,1H3;1H/t9-;/m0./s1. The number of nitro groups is 1. The van der Waals surface area contributed by atoms with Gasteiger partial charge >= 0.3 is 0 Å². The lowest BCUT2D eigenvalue weighted by Gasteiger charge is -2.16. The number of benzene rings is 1. The molecular weight excluding hydrogens is 270 g/mol. The monoisotopic (exact) mass is 285 g/mol. The third-order valence-corrected chi connectivity index (χ3v) is 3.09. The van der Waals surface area contributed by atoms with Crippen LogP contribution in [-0.2, 0) is 0 Å². The Balaban J connectivity index is 0.00000180. The van der Waals surface area contributed by atoms with Gasteiger partial charge in [-0.3, -0.25) is 14.9 Å². The first-order valence-electron chi connectivity index (χ1n) is 5.79. The topological polar surface area (TPSA) is 89.5 Å². The Morgan fingerprint density at radius 2 is 2.21 bits per heavy atom. The van der Waals surface area contributed by atoms with E-state index in [1.54, 1.807) is 24.0 Å². The fourth-order valence-electron chi connectivity index (χ4n) is 2.12. The number of rotatable bonds is 2. The van der Waals surface area contributed by atoms with Gasteiger partial charge in [-0.1, -0.05) is 6.07 Å². The van der Waals surface area contributed by atoms with Gasteiger partial charge < -0.3 is 10.6 Å². The Bertz CT molecular complexity index is 507. The van der Waals surface area contributed by atoms with Crippen LogP contribution in [-0.4, -0.2) is 34.9 Å². The molecule has 1 aliphatic rings. The van der Waals surface area contributed by atoms with E-state index in [2.05, 4.69) is 0 Å². The molecule has 1 aromatic carbocycles. The quantitative estimate of drug-likeness (QED) is 0.658. The third kappa shape index (κ3) is 3.21. The summed E-state index contributed by atoms with van der Waals surface area (Å²) in [5, 5.41) is 10.9. The molecule has 0 bridgehead atoms. The van der Waals surface area contributed by atoms with Crippen LogP contribution in [0.2, 0.25) is 0 Å². The number of amides is 1. The fourth-order valence-corrected chi connectivity index (χ4v) is 2.12. The van der Waals surface area contributed by atoms with Gasteiger partial charge in [-0.2, -0.15) is 0 Å². The Morgan fingerprint density at radius 1 is 1.53 bits per heavy atom. The van der Waals surface area contributed by atoms with Crippen molar-refractivity contribution in [1.29, 1.82) is 0 Å². The summed E-state index contributed by atoms with van der Waals surface area (Å²) in [5.74, 6) is -0.307. The van der Waals surface area contributed by atoms with Crippen LogP contribution in [0.15, 0.2) is 18.2 Å². The first-order valence-corrected chi connectivity index (χ1v) is 5.79. The van der Waals surface area contributed by atoms with Gasteiger partial charge in [-0.05, 0) is 25.0 Å². The van der Waals surface area contributed by atoms with Crippen molar-refractivity contribution in [3.05, 3.63) is 39.4 Å². The molecule has 0 unspecified atom stereocenters. The van der Waals surface area contributed by atoms with Crippen LogP contribution >= 0.6 is 12.4 Å². The minimum atomic E-state index is -0.525. The van der Waals surface area contributed by atoms with Crippen molar-refractivity contribution in [3.8, 4) is 0 Å². The second-order valence-corrected chi connectivity index (χ2v) is 4.58. The van der Waals surface area contributed by atoms with Crippen LogP contribution < -0.4 is 5.73 Å². The van der Waals surface area contributed by atoms with Gasteiger partial charge in [0, 0.05) is 25.2 Å². The zero-order valence-electron chi connectivity index (χ0n) is 10.5.